The predicted molar refractivity (Wildman–Crippen MR) is 154 cm³/mol. The largest absolute Gasteiger partial charge is 0.463 e. The van der Waals surface area contributed by atoms with Crippen LogP contribution in [0.25, 0.3) is 21.0 Å². The summed E-state index contributed by atoms with van der Waals surface area (Å²) in [6, 6.07) is 16.6. The van der Waals surface area contributed by atoms with Crippen molar-refractivity contribution in [2.45, 2.75) is 58.3 Å². The number of carbonyl (C=O) groups excluding carboxylic acids is 5. The van der Waals surface area contributed by atoms with Crippen LogP contribution in [0.3, 0.4) is 0 Å². The number of fused-ring (bicyclic) bond motifs is 2. The first kappa shape index (κ1) is 29.9. The lowest BCUT2D eigenvalue weighted by Crippen LogP contribution is -2.60. The summed E-state index contributed by atoms with van der Waals surface area (Å²) in [4.78, 5) is 62.8. The monoisotopic (exact) mass is 607 g/mol. The van der Waals surface area contributed by atoms with Crippen molar-refractivity contribution in [1.29, 1.82) is 0 Å². The molecule has 0 N–H and O–H groups in total. The lowest BCUT2D eigenvalue weighted by molar-refractivity contribution is -0.267. The van der Waals surface area contributed by atoms with Crippen molar-refractivity contribution in [2.24, 2.45) is 0 Å². The van der Waals surface area contributed by atoms with E-state index in [0.717, 1.165) is 23.9 Å². The highest BCUT2D eigenvalue weighted by molar-refractivity contribution is 7.21. The Morgan fingerprint density at radius 1 is 0.791 bits per heavy atom. The Morgan fingerprint density at radius 2 is 1.42 bits per heavy atom. The van der Waals surface area contributed by atoms with Crippen LogP contribution in [0.15, 0.2) is 60.8 Å². The third-order valence-electron chi connectivity index (χ3n) is 6.87. The maximum atomic E-state index is 13.9. The first-order chi connectivity index (χ1) is 20.5. The smallest absolute Gasteiger partial charge is 0.303 e. The van der Waals surface area contributed by atoms with Gasteiger partial charge in [0.1, 0.15) is 12.7 Å². The Hall–Kier alpha value is -4.55. The lowest BCUT2D eigenvalue weighted by atomic mass is 9.97. The molecule has 0 bridgehead atoms. The van der Waals surface area contributed by atoms with Gasteiger partial charge in [-0.3, -0.25) is 24.0 Å². The molecular weight excluding hydrogens is 578 g/mol. The molecule has 2 aromatic carbocycles. The van der Waals surface area contributed by atoms with Crippen molar-refractivity contribution < 1.29 is 47.7 Å². The number of rotatable bonds is 8. The highest BCUT2D eigenvalue weighted by Gasteiger charge is 2.53. The van der Waals surface area contributed by atoms with Crippen LogP contribution in [0.2, 0.25) is 0 Å². The second kappa shape index (κ2) is 12.4. The van der Waals surface area contributed by atoms with Crippen molar-refractivity contribution in [1.82, 2.24) is 4.57 Å². The third-order valence-corrected chi connectivity index (χ3v) is 7.99. The summed E-state index contributed by atoms with van der Waals surface area (Å²) >= 11 is 1.37. The molecule has 0 radical (unpaired) electrons. The zero-order valence-corrected chi connectivity index (χ0v) is 24.6. The van der Waals surface area contributed by atoms with Gasteiger partial charge in [-0.2, -0.15) is 0 Å². The number of ether oxygens (including phenoxy) is 5. The Labute approximate surface area is 250 Å². The first-order valence-electron chi connectivity index (χ1n) is 13.5. The number of benzene rings is 2. The van der Waals surface area contributed by atoms with E-state index in [9.17, 15) is 24.0 Å². The molecule has 5 rings (SSSR count). The normalized spacial score (nSPS) is 21.7. The van der Waals surface area contributed by atoms with Crippen molar-refractivity contribution in [3.05, 3.63) is 71.2 Å². The molecule has 3 unspecified atom stereocenters. The topological polar surface area (TPSA) is 136 Å². The van der Waals surface area contributed by atoms with Crippen LogP contribution < -0.4 is 0 Å². The average molecular weight is 608 g/mol. The van der Waals surface area contributed by atoms with Gasteiger partial charge in [-0.05, 0) is 23.6 Å². The molecule has 3 heterocycles. The standard InChI is InChI=1S/C31H29NO10S/c1-16(33)38-15-24-28(39-17(2)34)29(40-18(3)35)30(41-19(4)36)31(42-24)32-14-22(21-10-6-7-11-23(21)32)27(37)26-13-20-9-5-8-12-25(20)43-26/h5-14,24,28-31H,15H2,1-4H3/t24?,28-,29?,30-,31?/m1/s1. The summed E-state index contributed by atoms with van der Waals surface area (Å²) in [6.07, 6.45) is -4.66. The van der Waals surface area contributed by atoms with Gasteiger partial charge >= 0.3 is 23.9 Å². The molecule has 2 aromatic heterocycles. The number of aromatic nitrogens is 1. The molecule has 0 saturated carbocycles. The molecule has 5 atom stereocenters. The minimum atomic E-state index is -1.34. The summed E-state index contributed by atoms with van der Waals surface area (Å²) in [7, 11) is 0. The molecule has 224 valence electrons. The van der Waals surface area contributed by atoms with Crippen LogP contribution in [0.1, 0.15) is 49.2 Å². The Kier molecular flexibility index (Phi) is 8.60. The quantitative estimate of drug-likeness (QED) is 0.162. The van der Waals surface area contributed by atoms with Crippen LogP contribution in [0, 0.1) is 0 Å². The molecular formula is C31H29NO10S. The molecule has 1 aliphatic heterocycles. The van der Waals surface area contributed by atoms with Gasteiger partial charge in [-0.15, -0.1) is 11.3 Å². The molecule has 12 heteroatoms. The van der Waals surface area contributed by atoms with E-state index in [0.29, 0.717) is 21.3 Å². The van der Waals surface area contributed by atoms with Gasteiger partial charge in [-0.25, -0.2) is 0 Å². The number of para-hydroxylation sites is 1. The van der Waals surface area contributed by atoms with Crippen LogP contribution >= 0.6 is 11.3 Å². The van der Waals surface area contributed by atoms with E-state index >= 15 is 0 Å². The SMILES string of the molecule is CC(=O)OCC1OC(n2cc(C(=O)c3cc4ccccc4s3)c3ccccc32)[C@H](OC(C)=O)C(OC(C)=O)[C@@H]1OC(C)=O. The van der Waals surface area contributed by atoms with E-state index in [4.69, 9.17) is 23.7 Å². The number of hydrogen-bond acceptors (Lipinski definition) is 11. The van der Waals surface area contributed by atoms with Gasteiger partial charge in [0.2, 0.25) is 5.78 Å². The number of thiophene rings is 1. The zero-order chi connectivity index (χ0) is 30.8. The van der Waals surface area contributed by atoms with E-state index in [1.165, 1.54) is 25.2 Å². The van der Waals surface area contributed by atoms with Crippen LogP contribution in [-0.4, -0.2) is 65.3 Å². The van der Waals surface area contributed by atoms with Crippen LogP contribution in [-0.2, 0) is 42.9 Å². The van der Waals surface area contributed by atoms with Gasteiger partial charge in [0.05, 0.1) is 10.4 Å². The minimum Gasteiger partial charge on any atom is -0.463 e. The molecule has 0 spiro atoms. The molecule has 4 aromatic rings. The molecule has 0 aliphatic carbocycles. The fourth-order valence-electron chi connectivity index (χ4n) is 5.25. The van der Waals surface area contributed by atoms with E-state index in [1.54, 1.807) is 35.0 Å². The van der Waals surface area contributed by atoms with Crippen molar-refractivity contribution >= 4 is 62.0 Å². The van der Waals surface area contributed by atoms with Gasteiger partial charge in [-0.1, -0.05) is 36.4 Å². The van der Waals surface area contributed by atoms with E-state index in [1.807, 2.05) is 30.3 Å². The molecule has 11 nitrogen and oxygen atoms in total. The highest BCUT2D eigenvalue weighted by Crippen LogP contribution is 2.38. The maximum absolute atomic E-state index is 13.9. The number of hydrogen-bond donors (Lipinski definition) is 0. The fraction of sp³-hybridized carbons (Fsp3) is 0.323. The van der Waals surface area contributed by atoms with Crippen LogP contribution in [0.5, 0.6) is 0 Å². The summed E-state index contributed by atoms with van der Waals surface area (Å²) in [6.45, 7) is 4.34. The molecule has 1 fully saturated rings. The summed E-state index contributed by atoms with van der Waals surface area (Å²) in [5.74, 6) is -3.00. The van der Waals surface area contributed by atoms with Crippen molar-refractivity contribution in [3.8, 4) is 0 Å². The lowest BCUT2D eigenvalue weighted by Gasteiger charge is -2.44. The van der Waals surface area contributed by atoms with E-state index in [-0.39, 0.29) is 12.4 Å². The maximum Gasteiger partial charge on any atom is 0.303 e. The highest BCUT2D eigenvalue weighted by atomic mass is 32.1. The van der Waals surface area contributed by atoms with Gasteiger partial charge in [0.15, 0.2) is 24.5 Å². The Balaban J connectivity index is 1.64. The second-order valence-electron chi connectivity index (χ2n) is 10.0. The number of carbonyl (C=O) groups is 5. The first-order valence-corrected chi connectivity index (χ1v) is 14.3. The van der Waals surface area contributed by atoms with E-state index in [2.05, 4.69) is 0 Å². The van der Waals surface area contributed by atoms with Gasteiger partial charge < -0.3 is 28.3 Å². The van der Waals surface area contributed by atoms with Gasteiger partial charge in [0, 0.05) is 49.5 Å². The minimum absolute atomic E-state index is 0.221. The Morgan fingerprint density at radius 3 is 2.09 bits per heavy atom. The summed E-state index contributed by atoms with van der Waals surface area (Å²) < 4.78 is 30.8. The fourth-order valence-corrected chi connectivity index (χ4v) is 6.27. The van der Waals surface area contributed by atoms with Gasteiger partial charge in [0.25, 0.3) is 0 Å². The summed E-state index contributed by atoms with van der Waals surface area (Å²) in [5.41, 5.74) is 0.933. The average Bonchev–Trinajstić information content (AvgIpc) is 3.55. The number of ketones is 1. The number of nitrogens with zero attached hydrogens (tertiary/aromatic N) is 1. The van der Waals surface area contributed by atoms with Crippen LogP contribution in [0.4, 0.5) is 0 Å². The Bertz CT molecular complexity index is 1690. The van der Waals surface area contributed by atoms with E-state index < -0.39 is 54.5 Å². The predicted octanol–water partition coefficient (Wildman–Crippen LogP) is 4.34. The molecule has 0 amide bonds. The molecule has 1 aliphatic rings. The van der Waals surface area contributed by atoms with Crippen molar-refractivity contribution in [2.75, 3.05) is 6.61 Å². The number of esters is 4. The zero-order valence-electron chi connectivity index (χ0n) is 23.8. The molecule has 43 heavy (non-hydrogen) atoms. The molecule has 1 saturated heterocycles. The van der Waals surface area contributed by atoms with Crippen molar-refractivity contribution in [3.63, 3.8) is 0 Å². The second-order valence-corrected chi connectivity index (χ2v) is 11.1. The third kappa shape index (κ3) is 6.30. The summed E-state index contributed by atoms with van der Waals surface area (Å²) in [5, 5.41) is 1.55.